The van der Waals surface area contributed by atoms with Crippen LogP contribution in [-0.4, -0.2) is 59.7 Å². The van der Waals surface area contributed by atoms with Gasteiger partial charge in [0.1, 0.15) is 0 Å². The number of aliphatic imine (C=N–C) groups is 1. The monoisotopic (exact) mass is 380 g/mol. The molecule has 150 valence electrons. The van der Waals surface area contributed by atoms with E-state index in [0.717, 1.165) is 38.6 Å². The van der Waals surface area contributed by atoms with Gasteiger partial charge in [0.05, 0.1) is 12.4 Å². The SMILES string of the molecule is CN=C(NCCN1c2ccccc2CC1C)N1CCC(C)C(n2ccnc2)C1. The van der Waals surface area contributed by atoms with Crippen LogP contribution in [0.4, 0.5) is 5.69 Å². The summed E-state index contributed by atoms with van der Waals surface area (Å²) in [7, 11) is 1.89. The molecule has 2 aliphatic heterocycles. The molecule has 0 amide bonds. The van der Waals surface area contributed by atoms with E-state index in [1.807, 2.05) is 19.6 Å². The molecule has 0 aliphatic carbocycles. The normalized spacial score (nSPS) is 25.1. The number of hydrogen-bond donors (Lipinski definition) is 1. The summed E-state index contributed by atoms with van der Waals surface area (Å²) in [5.74, 6) is 1.66. The first-order chi connectivity index (χ1) is 13.7. The smallest absolute Gasteiger partial charge is 0.193 e. The number of anilines is 1. The summed E-state index contributed by atoms with van der Waals surface area (Å²) in [5, 5.41) is 3.61. The van der Waals surface area contributed by atoms with E-state index >= 15 is 0 Å². The summed E-state index contributed by atoms with van der Waals surface area (Å²) in [5.41, 5.74) is 2.85. The molecule has 1 fully saturated rings. The van der Waals surface area contributed by atoms with Crippen LogP contribution < -0.4 is 10.2 Å². The Bertz CT molecular complexity index is 799. The zero-order chi connectivity index (χ0) is 19.5. The van der Waals surface area contributed by atoms with Gasteiger partial charge in [-0.3, -0.25) is 4.99 Å². The standard InChI is InChI=1S/C22H32N6/c1-17-8-11-26(15-21(17)27-12-9-24-16-27)22(23-3)25-10-13-28-18(2)14-19-6-4-5-7-20(19)28/h4-7,9,12,16-18,21H,8,10-11,13-15H2,1-3H3,(H,23,25). The predicted octanol–water partition coefficient (Wildman–Crippen LogP) is 2.79. The number of nitrogens with one attached hydrogen (secondary N) is 1. The Balaban J connectivity index is 1.35. The van der Waals surface area contributed by atoms with Gasteiger partial charge in [-0.1, -0.05) is 25.1 Å². The summed E-state index contributed by atoms with van der Waals surface area (Å²) in [6, 6.07) is 9.78. The molecule has 3 atom stereocenters. The number of aromatic nitrogens is 2. The fraction of sp³-hybridized carbons (Fsp3) is 0.545. The second kappa shape index (κ2) is 8.25. The molecule has 1 N–H and O–H groups in total. The summed E-state index contributed by atoms with van der Waals surface area (Å²) < 4.78 is 2.24. The van der Waals surface area contributed by atoms with Crippen molar-refractivity contribution >= 4 is 11.6 Å². The van der Waals surface area contributed by atoms with E-state index in [-0.39, 0.29) is 0 Å². The van der Waals surface area contributed by atoms with Crippen LogP contribution in [0.15, 0.2) is 48.0 Å². The number of para-hydroxylation sites is 1. The third-order valence-electron chi connectivity index (χ3n) is 6.32. The van der Waals surface area contributed by atoms with E-state index in [1.54, 1.807) is 0 Å². The lowest BCUT2D eigenvalue weighted by Gasteiger charge is -2.39. The first-order valence-corrected chi connectivity index (χ1v) is 10.4. The van der Waals surface area contributed by atoms with E-state index in [1.165, 1.54) is 17.7 Å². The molecule has 1 aromatic carbocycles. The van der Waals surface area contributed by atoms with E-state index in [2.05, 4.69) is 74.0 Å². The molecule has 3 unspecified atom stereocenters. The van der Waals surface area contributed by atoms with Crippen molar-refractivity contribution in [3.8, 4) is 0 Å². The minimum absolute atomic E-state index is 0.445. The van der Waals surface area contributed by atoms with E-state index in [9.17, 15) is 0 Å². The van der Waals surface area contributed by atoms with E-state index in [4.69, 9.17) is 0 Å². The molecule has 1 saturated heterocycles. The number of nitrogens with zero attached hydrogens (tertiary/aromatic N) is 5. The fourth-order valence-corrected chi connectivity index (χ4v) is 4.69. The molecule has 2 aromatic rings. The van der Waals surface area contributed by atoms with Crippen LogP contribution >= 0.6 is 0 Å². The predicted molar refractivity (Wildman–Crippen MR) is 115 cm³/mol. The average Bonchev–Trinajstić information content (AvgIpc) is 3.34. The molecule has 28 heavy (non-hydrogen) atoms. The first kappa shape index (κ1) is 18.8. The van der Waals surface area contributed by atoms with Crippen molar-refractivity contribution in [1.82, 2.24) is 19.8 Å². The summed E-state index contributed by atoms with van der Waals surface area (Å²) in [4.78, 5) is 13.7. The minimum atomic E-state index is 0.445. The molecule has 2 aliphatic rings. The van der Waals surface area contributed by atoms with Crippen molar-refractivity contribution in [3.05, 3.63) is 48.5 Å². The molecule has 3 heterocycles. The van der Waals surface area contributed by atoms with Crippen LogP contribution in [0, 0.1) is 5.92 Å². The van der Waals surface area contributed by atoms with Crippen LogP contribution in [0.2, 0.25) is 0 Å². The molecule has 1 aromatic heterocycles. The fourth-order valence-electron chi connectivity index (χ4n) is 4.69. The maximum atomic E-state index is 4.57. The lowest BCUT2D eigenvalue weighted by atomic mass is 9.93. The molecule has 4 rings (SSSR count). The van der Waals surface area contributed by atoms with Gasteiger partial charge in [-0.15, -0.1) is 0 Å². The van der Waals surface area contributed by atoms with Crippen molar-refractivity contribution in [2.24, 2.45) is 10.9 Å². The van der Waals surface area contributed by atoms with Crippen molar-refractivity contribution in [1.29, 1.82) is 0 Å². The lowest BCUT2D eigenvalue weighted by Crippen LogP contribution is -2.50. The number of hydrogen-bond acceptors (Lipinski definition) is 3. The van der Waals surface area contributed by atoms with Crippen molar-refractivity contribution < 1.29 is 0 Å². The van der Waals surface area contributed by atoms with Gasteiger partial charge < -0.3 is 19.7 Å². The summed E-state index contributed by atoms with van der Waals surface area (Å²) in [6.45, 7) is 8.57. The first-order valence-electron chi connectivity index (χ1n) is 10.4. The van der Waals surface area contributed by atoms with Crippen molar-refractivity contribution in [2.75, 3.05) is 38.1 Å². The maximum Gasteiger partial charge on any atom is 0.193 e. The van der Waals surface area contributed by atoms with Crippen molar-refractivity contribution in [2.45, 2.75) is 38.8 Å². The van der Waals surface area contributed by atoms with Gasteiger partial charge in [-0.25, -0.2) is 4.98 Å². The number of imidazole rings is 1. The Labute approximate surface area is 168 Å². The summed E-state index contributed by atoms with van der Waals surface area (Å²) in [6.07, 6.45) is 8.19. The largest absolute Gasteiger partial charge is 0.367 e. The molecular weight excluding hydrogens is 348 g/mol. The van der Waals surface area contributed by atoms with Crippen LogP contribution in [0.5, 0.6) is 0 Å². The summed E-state index contributed by atoms with van der Waals surface area (Å²) >= 11 is 0. The minimum Gasteiger partial charge on any atom is -0.367 e. The Morgan fingerprint density at radius 3 is 2.93 bits per heavy atom. The Morgan fingerprint density at radius 1 is 1.29 bits per heavy atom. The zero-order valence-electron chi connectivity index (χ0n) is 17.3. The molecular formula is C22H32N6. The molecule has 0 bridgehead atoms. The highest BCUT2D eigenvalue weighted by molar-refractivity contribution is 5.80. The molecule has 0 radical (unpaired) electrons. The van der Waals surface area contributed by atoms with E-state index in [0.29, 0.717) is 18.0 Å². The third kappa shape index (κ3) is 3.73. The third-order valence-corrected chi connectivity index (χ3v) is 6.32. The highest BCUT2D eigenvalue weighted by Gasteiger charge is 2.29. The lowest BCUT2D eigenvalue weighted by molar-refractivity contribution is 0.189. The molecule has 0 saturated carbocycles. The number of benzene rings is 1. The van der Waals surface area contributed by atoms with Gasteiger partial charge in [-0.05, 0) is 37.3 Å². The van der Waals surface area contributed by atoms with Crippen LogP contribution in [0.1, 0.15) is 31.9 Å². The molecule has 6 nitrogen and oxygen atoms in total. The topological polar surface area (TPSA) is 48.7 Å². The second-order valence-corrected chi connectivity index (χ2v) is 8.14. The Kier molecular flexibility index (Phi) is 5.55. The molecule has 0 spiro atoms. The zero-order valence-corrected chi connectivity index (χ0v) is 17.3. The highest BCUT2D eigenvalue weighted by atomic mass is 15.3. The van der Waals surface area contributed by atoms with Gasteiger partial charge >= 0.3 is 0 Å². The number of fused-ring (bicyclic) bond motifs is 1. The van der Waals surface area contributed by atoms with Gasteiger partial charge in [0.2, 0.25) is 0 Å². The quantitative estimate of drug-likeness (QED) is 0.655. The van der Waals surface area contributed by atoms with Crippen molar-refractivity contribution in [3.63, 3.8) is 0 Å². The maximum absolute atomic E-state index is 4.57. The van der Waals surface area contributed by atoms with E-state index < -0.39 is 0 Å². The molecule has 6 heteroatoms. The van der Waals surface area contributed by atoms with Gasteiger partial charge in [-0.2, -0.15) is 0 Å². The van der Waals surface area contributed by atoms with Crippen LogP contribution in [0.25, 0.3) is 0 Å². The number of rotatable bonds is 4. The van der Waals surface area contributed by atoms with Gasteiger partial charge in [0.25, 0.3) is 0 Å². The number of guanidine groups is 1. The highest BCUT2D eigenvalue weighted by Crippen LogP contribution is 2.31. The van der Waals surface area contributed by atoms with Crippen LogP contribution in [0.3, 0.4) is 0 Å². The van der Waals surface area contributed by atoms with Crippen LogP contribution in [-0.2, 0) is 6.42 Å². The Morgan fingerprint density at radius 2 is 2.14 bits per heavy atom. The van der Waals surface area contributed by atoms with Gasteiger partial charge in [0.15, 0.2) is 5.96 Å². The average molecular weight is 381 g/mol. The Hall–Kier alpha value is -2.50. The second-order valence-electron chi connectivity index (χ2n) is 8.14. The number of piperidine rings is 1. The number of likely N-dealkylation sites (tertiary alicyclic amines) is 1. The van der Waals surface area contributed by atoms with Gasteiger partial charge in [0, 0.05) is 57.3 Å².